The van der Waals surface area contributed by atoms with E-state index < -0.39 is 5.54 Å². The Bertz CT molecular complexity index is 547. The Balaban J connectivity index is 1.63. The van der Waals surface area contributed by atoms with E-state index in [2.05, 4.69) is 11.0 Å². The van der Waals surface area contributed by atoms with Crippen molar-refractivity contribution in [2.75, 3.05) is 37.7 Å². The number of nitrogens with zero attached hydrogens (tertiary/aromatic N) is 2. The van der Waals surface area contributed by atoms with E-state index in [0.717, 1.165) is 63.3 Å². The van der Waals surface area contributed by atoms with Crippen LogP contribution >= 0.6 is 0 Å². The SMILES string of the molecule is CCOc1ccccc1N1CCN(C(=O)C2(N)CCCC2)CC1. The van der Waals surface area contributed by atoms with E-state index in [1.165, 1.54) is 0 Å². The van der Waals surface area contributed by atoms with Crippen LogP contribution in [0.2, 0.25) is 0 Å². The number of rotatable bonds is 4. The molecule has 1 aromatic rings. The molecular formula is C18H27N3O2. The summed E-state index contributed by atoms with van der Waals surface area (Å²) in [4.78, 5) is 16.9. The Labute approximate surface area is 138 Å². The summed E-state index contributed by atoms with van der Waals surface area (Å²) in [6, 6.07) is 8.11. The quantitative estimate of drug-likeness (QED) is 0.923. The maximum Gasteiger partial charge on any atom is 0.242 e. The van der Waals surface area contributed by atoms with Crippen molar-refractivity contribution in [1.29, 1.82) is 0 Å². The molecule has 1 aromatic carbocycles. The smallest absolute Gasteiger partial charge is 0.242 e. The third kappa shape index (κ3) is 3.29. The molecule has 0 radical (unpaired) electrons. The van der Waals surface area contributed by atoms with Gasteiger partial charge in [0.25, 0.3) is 0 Å². The first-order valence-corrected chi connectivity index (χ1v) is 8.69. The highest BCUT2D eigenvalue weighted by atomic mass is 16.5. The van der Waals surface area contributed by atoms with Crippen molar-refractivity contribution in [1.82, 2.24) is 4.90 Å². The van der Waals surface area contributed by atoms with Crippen molar-refractivity contribution in [3.05, 3.63) is 24.3 Å². The Morgan fingerprint density at radius 3 is 2.48 bits per heavy atom. The molecule has 2 N–H and O–H groups in total. The highest BCUT2D eigenvalue weighted by Crippen LogP contribution is 2.31. The van der Waals surface area contributed by atoms with Gasteiger partial charge in [0.15, 0.2) is 0 Å². The number of ether oxygens (including phenoxy) is 1. The zero-order valence-corrected chi connectivity index (χ0v) is 14.0. The number of carbonyl (C=O) groups excluding carboxylic acids is 1. The van der Waals surface area contributed by atoms with Gasteiger partial charge in [-0.1, -0.05) is 25.0 Å². The van der Waals surface area contributed by atoms with E-state index in [-0.39, 0.29) is 5.91 Å². The molecule has 5 nitrogen and oxygen atoms in total. The van der Waals surface area contributed by atoms with Gasteiger partial charge in [-0.2, -0.15) is 0 Å². The molecule has 23 heavy (non-hydrogen) atoms. The van der Waals surface area contributed by atoms with Crippen LogP contribution in [0.4, 0.5) is 5.69 Å². The summed E-state index contributed by atoms with van der Waals surface area (Å²) in [7, 11) is 0. The molecule has 0 atom stereocenters. The average molecular weight is 317 g/mol. The van der Waals surface area contributed by atoms with Gasteiger partial charge in [-0.05, 0) is 31.9 Å². The van der Waals surface area contributed by atoms with Crippen LogP contribution in [0.1, 0.15) is 32.6 Å². The van der Waals surface area contributed by atoms with Crippen LogP contribution in [0.15, 0.2) is 24.3 Å². The van der Waals surface area contributed by atoms with Crippen molar-refractivity contribution in [2.24, 2.45) is 5.73 Å². The van der Waals surface area contributed by atoms with Crippen molar-refractivity contribution < 1.29 is 9.53 Å². The fourth-order valence-corrected chi connectivity index (χ4v) is 3.68. The molecule has 1 amide bonds. The molecule has 0 bridgehead atoms. The maximum atomic E-state index is 12.7. The molecule has 126 valence electrons. The number of benzene rings is 1. The van der Waals surface area contributed by atoms with Crippen LogP contribution in [0.5, 0.6) is 5.75 Å². The summed E-state index contributed by atoms with van der Waals surface area (Å²) in [6.07, 6.45) is 3.81. The number of para-hydroxylation sites is 2. The minimum absolute atomic E-state index is 0.146. The largest absolute Gasteiger partial charge is 0.492 e. The third-order valence-electron chi connectivity index (χ3n) is 4.99. The van der Waals surface area contributed by atoms with Gasteiger partial charge >= 0.3 is 0 Å². The monoisotopic (exact) mass is 317 g/mol. The number of piperazine rings is 1. The lowest BCUT2D eigenvalue weighted by atomic mass is 9.97. The Hall–Kier alpha value is -1.75. The van der Waals surface area contributed by atoms with Gasteiger partial charge in [-0.3, -0.25) is 4.79 Å². The van der Waals surface area contributed by atoms with Crippen molar-refractivity contribution >= 4 is 11.6 Å². The van der Waals surface area contributed by atoms with Gasteiger partial charge < -0.3 is 20.3 Å². The molecule has 1 aliphatic carbocycles. The van der Waals surface area contributed by atoms with Crippen molar-refractivity contribution in [2.45, 2.75) is 38.1 Å². The van der Waals surface area contributed by atoms with Gasteiger partial charge in [0.05, 0.1) is 17.8 Å². The van der Waals surface area contributed by atoms with Gasteiger partial charge in [0, 0.05) is 26.2 Å². The summed E-state index contributed by atoms with van der Waals surface area (Å²) in [5.41, 5.74) is 6.83. The zero-order chi connectivity index (χ0) is 16.3. The van der Waals surface area contributed by atoms with Crippen molar-refractivity contribution in [3.8, 4) is 5.75 Å². The van der Waals surface area contributed by atoms with E-state index in [4.69, 9.17) is 10.5 Å². The normalized spacial score (nSPS) is 20.6. The summed E-state index contributed by atoms with van der Waals surface area (Å²) in [5.74, 6) is 1.06. The molecule has 1 saturated carbocycles. The molecule has 1 heterocycles. The second-order valence-corrected chi connectivity index (χ2v) is 6.54. The summed E-state index contributed by atoms with van der Waals surface area (Å²) >= 11 is 0. The summed E-state index contributed by atoms with van der Waals surface area (Å²) in [5, 5.41) is 0. The number of carbonyl (C=O) groups is 1. The Morgan fingerprint density at radius 1 is 1.17 bits per heavy atom. The van der Waals surface area contributed by atoms with Crippen LogP contribution < -0.4 is 15.4 Å². The predicted molar refractivity (Wildman–Crippen MR) is 91.8 cm³/mol. The lowest BCUT2D eigenvalue weighted by Gasteiger charge is -2.39. The van der Waals surface area contributed by atoms with Gasteiger partial charge in [-0.15, -0.1) is 0 Å². The molecule has 0 unspecified atom stereocenters. The minimum atomic E-state index is -0.606. The topological polar surface area (TPSA) is 58.8 Å². The van der Waals surface area contributed by atoms with Gasteiger partial charge in [-0.25, -0.2) is 0 Å². The predicted octanol–water partition coefficient (Wildman–Crippen LogP) is 2.01. The lowest BCUT2D eigenvalue weighted by Crippen LogP contribution is -2.58. The Morgan fingerprint density at radius 2 is 1.83 bits per heavy atom. The second-order valence-electron chi connectivity index (χ2n) is 6.54. The average Bonchev–Trinajstić information content (AvgIpc) is 3.03. The maximum absolute atomic E-state index is 12.7. The molecule has 3 rings (SSSR count). The third-order valence-corrected chi connectivity index (χ3v) is 4.99. The molecule has 0 spiro atoms. The number of hydrogen-bond donors (Lipinski definition) is 1. The van der Waals surface area contributed by atoms with Crippen LogP contribution in [-0.2, 0) is 4.79 Å². The van der Waals surface area contributed by atoms with Gasteiger partial charge in [0.2, 0.25) is 5.91 Å². The molecule has 1 aliphatic heterocycles. The minimum Gasteiger partial charge on any atom is -0.492 e. The van der Waals surface area contributed by atoms with E-state index in [1.54, 1.807) is 0 Å². The van der Waals surface area contributed by atoms with Crippen LogP contribution in [0.3, 0.4) is 0 Å². The number of nitrogens with two attached hydrogens (primary N) is 1. The summed E-state index contributed by atoms with van der Waals surface area (Å²) < 4.78 is 5.72. The highest BCUT2D eigenvalue weighted by Gasteiger charge is 2.40. The zero-order valence-electron chi connectivity index (χ0n) is 14.0. The molecular weight excluding hydrogens is 290 g/mol. The van der Waals surface area contributed by atoms with E-state index in [1.807, 2.05) is 30.0 Å². The first-order valence-electron chi connectivity index (χ1n) is 8.69. The molecule has 0 aromatic heterocycles. The number of amides is 1. The first-order chi connectivity index (χ1) is 11.1. The first kappa shape index (κ1) is 16.1. The molecule has 2 fully saturated rings. The fourth-order valence-electron chi connectivity index (χ4n) is 3.68. The molecule has 5 heteroatoms. The standard InChI is InChI=1S/C18H27N3O2/c1-2-23-16-8-4-3-7-15(16)20-11-13-21(14-12-20)17(22)18(19)9-5-6-10-18/h3-4,7-8H,2,5-6,9-14,19H2,1H3. The summed E-state index contributed by atoms with van der Waals surface area (Å²) in [6.45, 7) is 5.77. The van der Waals surface area contributed by atoms with Crippen LogP contribution in [-0.4, -0.2) is 49.1 Å². The van der Waals surface area contributed by atoms with Crippen molar-refractivity contribution in [3.63, 3.8) is 0 Å². The number of anilines is 1. The molecule has 2 aliphatic rings. The number of hydrogen-bond acceptors (Lipinski definition) is 4. The highest BCUT2D eigenvalue weighted by molar-refractivity contribution is 5.86. The van der Waals surface area contributed by atoms with Crippen LogP contribution in [0, 0.1) is 0 Å². The lowest BCUT2D eigenvalue weighted by molar-refractivity contribution is -0.137. The second kappa shape index (κ2) is 6.79. The van der Waals surface area contributed by atoms with Crippen LogP contribution in [0.25, 0.3) is 0 Å². The van der Waals surface area contributed by atoms with E-state index >= 15 is 0 Å². The molecule has 1 saturated heterocycles. The fraction of sp³-hybridized carbons (Fsp3) is 0.611. The van der Waals surface area contributed by atoms with E-state index in [9.17, 15) is 4.79 Å². The van der Waals surface area contributed by atoms with E-state index in [0.29, 0.717) is 6.61 Å². The Kier molecular flexibility index (Phi) is 4.76. The van der Waals surface area contributed by atoms with Gasteiger partial charge in [0.1, 0.15) is 5.75 Å².